The summed E-state index contributed by atoms with van der Waals surface area (Å²) in [6, 6.07) is 3.99. The summed E-state index contributed by atoms with van der Waals surface area (Å²) in [7, 11) is 0. The van der Waals surface area contributed by atoms with Crippen LogP contribution in [0.3, 0.4) is 0 Å². The van der Waals surface area contributed by atoms with Crippen LogP contribution in [0.5, 0.6) is 0 Å². The topological polar surface area (TPSA) is 40.7 Å². The monoisotopic (exact) mass is 237 g/mol. The molecule has 0 amide bonds. The number of H-pyrrole nitrogens is 1. The molecule has 1 aromatic heterocycles. The second-order valence-electron chi connectivity index (χ2n) is 3.88. The summed E-state index contributed by atoms with van der Waals surface area (Å²) in [6.45, 7) is 2.45. The van der Waals surface area contributed by atoms with Gasteiger partial charge < -0.3 is 5.32 Å². The summed E-state index contributed by atoms with van der Waals surface area (Å²) in [5.74, 6) is -1.64. The number of nitrogens with zero attached hydrogens (tertiary/aromatic N) is 1. The van der Waals surface area contributed by atoms with Crippen molar-refractivity contribution in [2.24, 2.45) is 0 Å². The van der Waals surface area contributed by atoms with E-state index in [1.807, 2.05) is 6.92 Å². The summed E-state index contributed by atoms with van der Waals surface area (Å²) in [6.07, 6.45) is 3.52. The third-order valence-electron chi connectivity index (χ3n) is 2.62. The number of benzene rings is 1. The highest BCUT2D eigenvalue weighted by molar-refractivity contribution is 5.18. The van der Waals surface area contributed by atoms with E-state index < -0.39 is 11.6 Å². The number of hydrogen-bond acceptors (Lipinski definition) is 2. The van der Waals surface area contributed by atoms with Crippen LogP contribution in [0.15, 0.2) is 30.6 Å². The zero-order chi connectivity index (χ0) is 12.3. The Hall–Kier alpha value is -1.75. The standard InChI is InChI=1S/C12H13F2N3/c1-8(10-6-16-17-7-10)15-5-9-2-3-11(13)12(14)4-9/h2-4,6-8,15H,5H2,1H3,(H,16,17). The minimum Gasteiger partial charge on any atom is -0.306 e. The van der Waals surface area contributed by atoms with Crippen molar-refractivity contribution in [2.75, 3.05) is 0 Å². The van der Waals surface area contributed by atoms with Gasteiger partial charge in [0.1, 0.15) is 0 Å². The molecule has 90 valence electrons. The molecule has 0 aliphatic carbocycles. The highest BCUT2D eigenvalue weighted by Crippen LogP contribution is 2.12. The van der Waals surface area contributed by atoms with Crippen LogP contribution < -0.4 is 5.32 Å². The molecule has 1 atom stereocenters. The largest absolute Gasteiger partial charge is 0.306 e. The first-order valence-corrected chi connectivity index (χ1v) is 5.33. The molecule has 2 N–H and O–H groups in total. The number of halogens is 2. The van der Waals surface area contributed by atoms with Crippen LogP contribution in [0.1, 0.15) is 24.1 Å². The molecule has 0 aliphatic heterocycles. The first-order chi connectivity index (χ1) is 8.16. The fourth-order valence-corrected chi connectivity index (χ4v) is 1.54. The molecule has 17 heavy (non-hydrogen) atoms. The van der Waals surface area contributed by atoms with E-state index in [1.165, 1.54) is 6.07 Å². The van der Waals surface area contributed by atoms with Crippen molar-refractivity contribution in [1.82, 2.24) is 15.5 Å². The minimum absolute atomic E-state index is 0.0989. The first-order valence-electron chi connectivity index (χ1n) is 5.33. The maximum absolute atomic E-state index is 13.0. The third kappa shape index (κ3) is 2.88. The highest BCUT2D eigenvalue weighted by atomic mass is 19.2. The molecule has 0 radical (unpaired) electrons. The molecule has 0 saturated heterocycles. The lowest BCUT2D eigenvalue weighted by Crippen LogP contribution is -2.17. The van der Waals surface area contributed by atoms with Crippen molar-refractivity contribution in [2.45, 2.75) is 19.5 Å². The Morgan fingerprint density at radius 1 is 1.35 bits per heavy atom. The van der Waals surface area contributed by atoms with E-state index in [4.69, 9.17) is 0 Å². The molecule has 0 spiro atoms. The molecule has 1 unspecified atom stereocenters. The van der Waals surface area contributed by atoms with Crippen LogP contribution >= 0.6 is 0 Å². The smallest absolute Gasteiger partial charge is 0.159 e. The Bertz CT molecular complexity index is 483. The van der Waals surface area contributed by atoms with Crippen molar-refractivity contribution in [3.63, 3.8) is 0 Å². The van der Waals surface area contributed by atoms with Crippen LogP contribution in [0.2, 0.25) is 0 Å². The average Bonchev–Trinajstić information content (AvgIpc) is 2.84. The number of nitrogens with one attached hydrogen (secondary N) is 2. The van der Waals surface area contributed by atoms with Gasteiger partial charge in [-0.2, -0.15) is 5.10 Å². The van der Waals surface area contributed by atoms with E-state index in [1.54, 1.807) is 18.5 Å². The second kappa shape index (κ2) is 5.05. The lowest BCUT2D eigenvalue weighted by Gasteiger charge is -2.11. The predicted molar refractivity (Wildman–Crippen MR) is 60.2 cm³/mol. The molecule has 0 bridgehead atoms. The van der Waals surface area contributed by atoms with E-state index >= 15 is 0 Å². The highest BCUT2D eigenvalue weighted by Gasteiger charge is 2.07. The zero-order valence-electron chi connectivity index (χ0n) is 9.37. The molecule has 2 rings (SSSR count). The van der Waals surface area contributed by atoms with Crippen LogP contribution in [0.25, 0.3) is 0 Å². The maximum Gasteiger partial charge on any atom is 0.159 e. The Morgan fingerprint density at radius 3 is 2.82 bits per heavy atom. The van der Waals surface area contributed by atoms with Crippen LogP contribution in [0.4, 0.5) is 8.78 Å². The Morgan fingerprint density at radius 2 is 2.18 bits per heavy atom. The predicted octanol–water partition coefficient (Wildman–Crippen LogP) is 2.54. The molecule has 0 aliphatic rings. The zero-order valence-corrected chi connectivity index (χ0v) is 9.37. The molecule has 5 heteroatoms. The van der Waals surface area contributed by atoms with Crippen molar-refractivity contribution < 1.29 is 8.78 Å². The molecule has 2 aromatic rings. The number of aromatic nitrogens is 2. The van der Waals surface area contributed by atoms with Gasteiger partial charge in [-0.25, -0.2) is 8.78 Å². The van der Waals surface area contributed by atoms with E-state index in [0.717, 1.165) is 11.6 Å². The normalized spacial score (nSPS) is 12.6. The van der Waals surface area contributed by atoms with Gasteiger partial charge in [-0.3, -0.25) is 5.10 Å². The molecular formula is C12H13F2N3. The van der Waals surface area contributed by atoms with Crippen LogP contribution in [-0.2, 0) is 6.54 Å². The molecule has 0 fully saturated rings. The summed E-state index contributed by atoms with van der Waals surface area (Å²) in [4.78, 5) is 0. The maximum atomic E-state index is 13.0. The van der Waals surface area contributed by atoms with E-state index in [2.05, 4.69) is 15.5 Å². The Balaban J connectivity index is 1.96. The fourth-order valence-electron chi connectivity index (χ4n) is 1.54. The van der Waals surface area contributed by atoms with Crippen molar-refractivity contribution in [1.29, 1.82) is 0 Å². The van der Waals surface area contributed by atoms with Crippen molar-refractivity contribution >= 4 is 0 Å². The Labute approximate surface area is 97.9 Å². The lowest BCUT2D eigenvalue weighted by molar-refractivity contribution is 0.504. The van der Waals surface area contributed by atoms with Gasteiger partial charge in [0, 0.05) is 24.3 Å². The fraction of sp³-hybridized carbons (Fsp3) is 0.250. The van der Waals surface area contributed by atoms with Gasteiger partial charge in [0.15, 0.2) is 11.6 Å². The van der Waals surface area contributed by atoms with Crippen LogP contribution in [-0.4, -0.2) is 10.2 Å². The third-order valence-corrected chi connectivity index (χ3v) is 2.62. The number of rotatable bonds is 4. The van der Waals surface area contributed by atoms with E-state index in [0.29, 0.717) is 12.1 Å². The van der Waals surface area contributed by atoms with Gasteiger partial charge in [0.2, 0.25) is 0 Å². The Kier molecular flexibility index (Phi) is 3.49. The van der Waals surface area contributed by atoms with Gasteiger partial charge in [-0.15, -0.1) is 0 Å². The average molecular weight is 237 g/mol. The molecule has 3 nitrogen and oxygen atoms in total. The van der Waals surface area contributed by atoms with Gasteiger partial charge in [-0.05, 0) is 24.6 Å². The number of hydrogen-bond donors (Lipinski definition) is 2. The SMILES string of the molecule is CC(NCc1ccc(F)c(F)c1)c1cn[nH]c1. The summed E-state index contributed by atoms with van der Waals surface area (Å²) in [5, 5.41) is 9.77. The van der Waals surface area contributed by atoms with Gasteiger partial charge in [-0.1, -0.05) is 6.07 Å². The van der Waals surface area contributed by atoms with Crippen molar-refractivity contribution in [3.8, 4) is 0 Å². The molecule has 0 saturated carbocycles. The summed E-state index contributed by atoms with van der Waals surface area (Å²) < 4.78 is 25.7. The lowest BCUT2D eigenvalue weighted by atomic mass is 10.1. The van der Waals surface area contributed by atoms with Crippen LogP contribution in [0, 0.1) is 11.6 Å². The summed E-state index contributed by atoms with van der Waals surface area (Å²) in [5.41, 5.74) is 1.73. The van der Waals surface area contributed by atoms with Gasteiger partial charge in [0.25, 0.3) is 0 Å². The minimum atomic E-state index is -0.823. The van der Waals surface area contributed by atoms with E-state index in [-0.39, 0.29) is 6.04 Å². The first kappa shape index (κ1) is 11.7. The molecule has 1 heterocycles. The van der Waals surface area contributed by atoms with Gasteiger partial charge >= 0.3 is 0 Å². The molecule has 1 aromatic carbocycles. The summed E-state index contributed by atoms with van der Waals surface area (Å²) >= 11 is 0. The second-order valence-corrected chi connectivity index (χ2v) is 3.88. The quantitative estimate of drug-likeness (QED) is 0.857. The van der Waals surface area contributed by atoms with Crippen molar-refractivity contribution in [3.05, 3.63) is 53.4 Å². The van der Waals surface area contributed by atoms with E-state index in [9.17, 15) is 8.78 Å². The number of aromatic amines is 1. The molecular weight excluding hydrogens is 224 g/mol. The van der Waals surface area contributed by atoms with Gasteiger partial charge in [0.05, 0.1) is 6.20 Å².